The van der Waals surface area contributed by atoms with Crippen molar-refractivity contribution >= 4 is 29.6 Å². The van der Waals surface area contributed by atoms with Crippen molar-refractivity contribution in [1.29, 1.82) is 0 Å². The number of hydrogen-bond acceptors (Lipinski definition) is 7. The van der Waals surface area contributed by atoms with Crippen LogP contribution in [-0.2, 0) is 28.7 Å². The van der Waals surface area contributed by atoms with Crippen LogP contribution in [0.4, 0.5) is 0 Å². The molecular weight excluding hydrogens is 382 g/mol. The normalized spacial score (nSPS) is 12.4. The molecule has 0 heterocycles. The van der Waals surface area contributed by atoms with Gasteiger partial charge in [-0.05, 0) is 48.6 Å². The van der Waals surface area contributed by atoms with E-state index in [0.717, 1.165) is 0 Å². The zero-order chi connectivity index (χ0) is 22.8. The van der Waals surface area contributed by atoms with Crippen molar-refractivity contribution in [3.05, 3.63) is 0 Å². The smallest absolute Gasteiger partial charge is 0.325 e. The number of carbonyl (C=O) groups is 5. The molecule has 166 valence electrons. The Hall–Kier alpha value is -2.69. The van der Waals surface area contributed by atoms with Gasteiger partial charge in [0.2, 0.25) is 23.6 Å². The van der Waals surface area contributed by atoms with Gasteiger partial charge >= 0.3 is 5.97 Å². The number of likely N-dealkylation sites (N-methyl/N-ethyl adjacent to an activating group) is 1. The van der Waals surface area contributed by atoms with Crippen molar-refractivity contribution in [3.8, 4) is 0 Å². The van der Waals surface area contributed by atoms with Crippen molar-refractivity contribution in [1.82, 2.24) is 26.6 Å². The van der Waals surface area contributed by atoms with E-state index >= 15 is 0 Å². The third-order valence-electron chi connectivity index (χ3n) is 3.80. The van der Waals surface area contributed by atoms with Gasteiger partial charge < -0.3 is 31.3 Å². The SMILES string of the molecule is CCOC(=O)CNC(=O)C(C)NC(=O)C(C)(C)NC(=O)C(C)(C)NC(=O)CNC. The Morgan fingerprint density at radius 3 is 1.97 bits per heavy atom. The monoisotopic (exact) mass is 415 g/mol. The molecule has 0 aromatic rings. The number of rotatable bonds is 11. The zero-order valence-corrected chi connectivity index (χ0v) is 18.1. The van der Waals surface area contributed by atoms with E-state index in [9.17, 15) is 24.0 Å². The second-order valence-electron chi connectivity index (χ2n) is 7.50. The molecule has 0 aromatic carbocycles. The van der Waals surface area contributed by atoms with E-state index in [0.29, 0.717) is 0 Å². The average Bonchev–Trinajstić information content (AvgIpc) is 2.58. The molecule has 11 nitrogen and oxygen atoms in total. The maximum Gasteiger partial charge on any atom is 0.325 e. The number of nitrogens with one attached hydrogen (secondary N) is 5. The van der Waals surface area contributed by atoms with E-state index in [-0.39, 0.29) is 25.6 Å². The lowest BCUT2D eigenvalue weighted by atomic mass is 9.98. The van der Waals surface area contributed by atoms with Crippen LogP contribution in [-0.4, -0.2) is 73.5 Å². The van der Waals surface area contributed by atoms with Crippen LogP contribution in [0.1, 0.15) is 41.5 Å². The molecule has 0 radical (unpaired) electrons. The molecule has 11 heteroatoms. The van der Waals surface area contributed by atoms with Crippen LogP contribution in [0, 0.1) is 0 Å². The van der Waals surface area contributed by atoms with Gasteiger partial charge in [0.1, 0.15) is 23.7 Å². The van der Waals surface area contributed by atoms with E-state index in [4.69, 9.17) is 4.74 Å². The lowest BCUT2D eigenvalue weighted by Gasteiger charge is -2.32. The molecule has 4 amide bonds. The minimum absolute atomic E-state index is 0.0407. The van der Waals surface area contributed by atoms with E-state index < -0.39 is 40.8 Å². The largest absolute Gasteiger partial charge is 0.465 e. The number of amides is 4. The first-order valence-corrected chi connectivity index (χ1v) is 9.29. The summed E-state index contributed by atoms with van der Waals surface area (Å²) in [6.07, 6.45) is 0. The summed E-state index contributed by atoms with van der Waals surface area (Å²) < 4.78 is 4.70. The summed E-state index contributed by atoms with van der Waals surface area (Å²) in [4.78, 5) is 60.0. The minimum atomic E-state index is -1.36. The minimum Gasteiger partial charge on any atom is -0.465 e. The highest BCUT2D eigenvalue weighted by atomic mass is 16.5. The van der Waals surface area contributed by atoms with Gasteiger partial charge in [-0.25, -0.2) is 0 Å². The second-order valence-corrected chi connectivity index (χ2v) is 7.50. The van der Waals surface area contributed by atoms with Crippen LogP contribution < -0.4 is 26.6 Å². The van der Waals surface area contributed by atoms with E-state index in [2.05, 4.69) is 26.6 Å². The van der Waals surface area contributed by atoms with Crippen LogP contribution in [0.5, 0.6) is 0 Å². The van der Waals surface area contributed by atoms with Gasteiger partial charge in [-0.3, -0.25) is 24.0 Å². The molecular formula is C18H33N5O6. The highest BCUT2D eigenvalue weighted by Crippen LogP contribution is 2.09. The number of hydrogen-bond donors (Lipinski definition) is 5. The van der Waals surface area contributed by atoms with Crippen molar-refractivity contribution < 1.29 is 28.7 Å². The Balaban J connectivity index is 4.81. The fourth-order valence-corrected chi connectivity index (χ4v) is 2.07. The summed E-state index contributed by atoms with van der Waals surface area (Å²) in [6.45, 7) is 8.96. The number of carbonyl (C=O) groups excluding carboxylic acids is 5. The fourth-order valence-electron chi connectivity index (χ4n) is 2.07. The molecule has 0 aromatic heterocycles. The van der Waals surface area contributed by atoms with Gasteiger partial charge in [0, 0.05) is 0 Å². The van der Waals surface area contributed by atoms with Crippen molar-refractivity contribution in [2.45, 2.75) is 58.7 Å². The third kappa shape index (κ3) is 9.37. The first kappa shape index (κ1) is 26.3. The van der Waals surface area contributed by atoms with E-state index in [1.165, 1.54) is 34.6 Å². The molecule has 0 aliphatic rings. The second kappa shape index (κ2) is 11.3. The van der Waals surface area contributed by atoms with Crippen molar-refractivity contribution in [2.24, 2.45) is 0 Å². The Morgan fingerprint density at radius 1 is 0.897 bits per heavy atom. The molecule has 0 fully saturated rings. The Morgan fingerprint density at radius 2 is 1.45 bits per heavy atom. The third-order valence-corrected chi connectivity index (χ3v) is 3.80. The lowest BCUT2D eigenvalue weighted by Crippen LogP contribution is -2.64. The summed E-state index contributed by atoms with van der Waals surface area (Å²) in [7, 11) is 1.60. The van der Waals surface area contributed by atoms with Gasteiger partial charge in [0.05, 0.1) is 13.2 Å². The van der Waals surface area contributed by atoms with Gasteiger partial charge in [-0.2, -0.15) is 0 Å². The quantitative estimate of drug-likeness (QED) is 0.249. The van der Waals surface area contributed by atoms with Gasteiger partial charge in [-0.15, -0.1) is 0 Å². The summed E-state index contributed by atoms with van der Waals surface area (Å²) in [5.74, 6) is -2.71. The maximum absolute atomic E-state index is 12.5. The number of esters is 1. The molecule has 0 saturated heterocycles. The molecule has 5 N–H and O–H groups in total. The van der Waals surface area contributed by atoms with Gasteiger partial charge in [-0.1, -0.05) is 0 Å². The number of ether oxygens (including phenoxy) is 1. The van der Waals surface area contributed by atoms with Gasteiger partial charge in [0.15, 0.2) is 0 Å². The topological polar surface area (TPSA) is 155 Å². The molecule has 0 bridgehead atoms. The molecule has 0 saturated carbocycles. The van der Waals surface area contributed by atoms with Crippen LogP contribution >= 0.6 is 0 Å². The average molecular weight is 415 g/mol. The van der Waals surface area contributed by atoms with Crippen LogP contribution in [0.25, 0.3) is 0 Å². The Kier molecular flexibility index (Phi) is 10.3. The van der Waals surface area contributed by atoms with Crippen LogP contribution in [0.3, 0.4) is 0 Å². The highest BCUT2D eigenvalue weighted by molar-refractivity contribution is 5.97. The van der Waals surface area contributed by atoms with Crippen molar-refractivity contribution in [3.63, 3.8) is 0 Å². The fraction of sp³-hybridized carbons (Fsp3) is 0.722. The molecule has 29 heavy (non-hydrogen) atoms. The summed E-state index contributed by atoms with van der Waals surface area (Å²) in [5.41, 5.74) is -2.62. The predicted octanol–water partition coefficient (Wildman–Crippen LogP) is -1.82. The Bertz CT molecular complexity index is 632. The summed E-state index contributed by atoms with van der Waals surface area (Å²) >= 11 is 0. The van der Waals surface area contributed by atoms with E-state index in [1.54, 1.807) is 14.0 Å². The lowest BCUT2D eigenvalue weighted by molar-refractivity contribution is -0.143. The molecule has 0 aliphatic heterocycles. The maximum atomic E-state index is 12.5. The van der Waals surface area contributed by atoms with Gasteiger partial charge in [0.25, 0.3) is 0 Å². The first-order chi connectivity index (χ1) is 13.3. The molecule has 1 atom stereocenters. The molecule has 0 spiro atoms. The molecule has 0 rings (SSSR count). The Labute approximate surface area is 171 Å². The molecule has 0 aliphatic carbocycles. The van der Waals surface area contributed by atoms with Crippen LogP contribution in [0.2, 0.25) is 0 Å². The summed E-state index contributed by atoms with van der Waals surface area (Å²) in [6, 6.07) is -0.948. The predicted molar refractivity (Wildman–Crippen MR) is 106 cm³/mol. The standard InChI is InChI=1S/C18H33N5O6/c1-8-29-13(25)10-20-14(26)11(2)21-15(27)17(3,4)23-16(28)18(5,6)22-12(24)9-19-7/h11,19H,8-10H2,1-7H3,(H,20,26)(H,21,27)(H,22,24)(H,23,28). The van der Waals surface area contributed by atoms with E-state index in [1.807, 2.05) is 0 Å². The summed E-state index contributed by atoms with van der Waals surface area (Å²) in [5, 5.41) is 12.6. The van der Waals surface area contributed by atoms with Crippen LogP contribution in [0.15, 0.2) is 0 Å². The highest BCUT2D eigenvalue weighted by Gasteiger charge is 2.37. The zero-order valence-electron chi connectivity index (χ0n) is 18.1. The molecule has 1 unspecified atom stereocenters. The first-order valence-electron chi connectivity index (χ1n) is 9.29. The van der Waals surface area contributed by atoms with Crippen molar-refractivity contribution in [2.75, 3.05) is 26.7 Å².